The van der Waals surface area contributed by atoms with Crippen molar-refractivity contribution in [3.05, 3.63) is 47.6 Å². The molecule has 1 aliphatic rings. The number of hydrogen-bond donors (Lipinski definition) is 0. The first-order valence-electron chi connectivity index (χ1n) is 6.80. The minimum atomic E-state index is -0.501. The first-order chi connectivity index (χ1) is 8.96. The van der Waals surface area contributed by atoms with E-state index in [4.69, 9.17) is 3.32 Å². The van der Waals surface area contributed by atoms with Gasteiger partial charge in [-0.3, -0.25) is 0 Å². The molecule has 1 nitrogen and oxygen atoms in total. The Kier molecular flexibility index (Phi) is 9.15. The number of benzene rings is 1. The Bertz CT molecular complexity index is 516. The van der Waals surface area contributed by atoms with E-state index in [9.17, 15) is 0 Å². The number of halogens is 2. The summed E-state index contributed by atoms with van der Waals surface area (Å²) < 4.78 is 7.41. The predicted octanol–water partition coefficient (Wildman–Crippen LogP) is 4.95. The van der Waals surface area contributed by atoms with Crippen LogP contribution in [-0.4, -0.2) is 6.61 Å². The third-order valence-corrected chi connectivity index (χ3v) is 4.48. The molecule has 2 rings (SSSR count). The van der Waals surface area contributed by atoms with Gasteiger partial charge in [0.1, 0.15) is 0 Å². The van der Waals surface area contributed by atoms with E-state index >= 15 is 0 Å². The molecule has 0 unspecified atom stereocenters. The quantitative estimate of drug-likeness (QED) is 0.688. The maximum atomic E-state index is 5.99. The van der Waals surface area contributed by atoms with Crippen molar-refractivity contribution in [2.45, 2.75) is 34.1 Å². The fourth-order valence-corrected chi connectivity index (χ4v) is 3.87. The Morgan fingerprint density at radius 1 is 1.14 bits per heavy atom. The van der Waals surface area contributed by atoms with Crippen LogP contribution in [-0.2, 0) is 22.9 Å². The zero-order valence-electron chi connectivity index (χ0n) is 13.1. The van der Waals surface area contributed by atoms with E-state index in [1.165, 1.54) is 20.6 Å². The molecule has 0 saturated carbocycles. The molecule has 21 heavy (non-hydrogen) atoms. The van der Waals surface area contributed by atoms with E-state index in [-0.39, 0.29) is 30.2 Å². The Hall–Kier alpha value is -0.0457. The average Bonchev–Trinajstić information content (AvgIpc) is 2.75. The number of hydrogen-bond acceptors (Lipinski definition) is 1. The van der Waals surface area contributed by atoms with E-state index in [1.54, 1.807) is 0 Å². The summed E-state index contributed by atoms with van der Waals surface area (Å²) in [7, 11) is 0. The van der Waals surface area contributed by atoms with Gasteiger partial charge in [0.2, 0.25) is 0 Å². The molecule has 0 fully saturated rings. The van der Waals surface area contributed by atoms with Gasteiger partial charge in [0, 0.05) is 0 Å². The fourth-order valence-electron chi connectivity index (χ4n) is 2.03. The van der Waals surface area contributed by atoms with Crippen molar-refractivity contribution >= 4 is 34.3 Å². The van der Waals surface area contributed by atoms with Crippen molar-refractivity contribution in [1.29, 1.82) is 0 Å². The van der Waals surface area contributed by atoms with Gasteiger partial charge in [0.25, 0.3) is 0 Å². The molecule has 0 aliphatic heterocycles. The van der Waals surface area contributed by atoms with Gasteiger partial charge in [0.05, 0.1) is 0 Å². The van der Waals surface area contributed by atoms with E-state index in [1.807, 2.05) is 0 Å². The second kappa shape index (κ2) is 9.17. The van der Waals surface area contributed by atoms with Crippen LogP contribution in [0.3, 0.4) is 0 Å². The van der Waals surface area contributed by atoms with Crippen LogP contribution in [0.15, 0.2) is 42.0 Å². The molecule has 4 heteroatoms. The van der Waals surface area contributed by atoms with Crippen LogP contribution >= 0.6 is 24.8 Å². The van der Waals surface area contributed by atoms with Gasteiger partial charge >= 0.3 is 126 Å². The van der Waals surface area contributed by atoms with E-state index in [0.717, 1.165) is 13.0 Å². The molecular formula is C17H24Cl2OTi. The molecule has 116 valence electrons. The molecular weight excluding hydrogens is 339 g/mol. The van der Waals surface area contributed by atoms with Gasteiger partial charge in [-0.1, -0.05) is 0 Å². The second-order valence-electron chi connectivity index (χ2n) is 6.32. The molecule has 0 bridgehead atoms. The van der Waals surface area contributed by atoms with Gasteiger partial charge in [0.15, 0.2) is 0 Å². The predicted molar refractivity (Wildman–Crippen MR) is 92.3 cm³/mol. The largest absolute Gasteiger partial charge is 0.147 e. The first-order valence-corrected chi connectivity index (χ1v) is 8.22. The van der Waals surface area contributed by atoms with Crippen LogP contribution in [0.1, 0.15) is 39.7 Å². The topological polar surface area (TPSA) is 9.23 Å². The van der Waals surface area contributed by atoms with Crippen molar-refractivity contribution in [3.63, 3.8) is 0 Å². The van der Waals surface area contributed by atoms with Crippen LogP contribution in [0.25, 0.3) is 5.57 Å². The zero-order valence-corrected chi connectivity index (χ0v) is 16.3. The van der Waals surface area contributed by atoms with Crippen molar-refractivity contribution in [2.24, 2.45) is 5.41 Å². The summed E-state index contributed by atoms with van der Waals surface area (Å²) in [5.74, 6) is 0. The smallest absolute Gasteiger partial charge is 0.147 e. The summed E-state index contributed by atoms with van der Waals surface area (Å²) in [5, 5.41) is 0. The van der Waals surface area contributed by atoms with Crippen molar-refractivity contribution in [3.8, 4) is 0 Å². The van der Waals surface area contributed by atoms with Crippen LogP contribution in [0, 0.1) is 5.41 Å². The molecule has 0 radical (unpaired) electrons. The Morgan fingerprint density at radius 2 is 1.81 bits per heavy atom. The molecule has 0 atom stereocenters. The first kappa shape index (κ1) is 21.0. The summed E-state index contributed by atoms with van der Waals surface area (Å²) in [6.07, 6.45) is 5.66. The summed E-state index contributed by atoms with van der Waals surface area (Å²) >= 11 is -0.501. The molecule has 0 aromatic heterocycles. The summed E-state index contributed by atoms with van der Waals surface area (Å²) in [6.45, 7) is 9.67. The average molecular weight is 363 g/mol. The molecule has 1 aromatic carbocycles. The Balaban J connectivity index is 0.00000200. The summed E-state index contributed by atoms with van der Waals surface area (Å²) in [5.41, 5.74) is 4.46. The zero-order chi connectivity index (χ0) is 13.9. The molecule has 0 N–H and O–H groups in total. The third-order valence-electron chi connectivity index (χ3n) is 3.01. The van der Waals surface area contributed by atoms with E-state index in [0.29, 0.717) is 0 Å². The molecule has 1 aliphatic carbocycles. The van der Waals surface area contributed by atoms with Crippen molar-refractivity contribution in [2.75, 3.05) is 6.61 Å². The standard InChI is InChI=1S/C12H11.C5H11O.2ClH.Ti/c1-10-7-8-12(9-10)11-5-3-2-4-6-11;1-5(2,3)4-6;;;/h2-5,7,9H,8H2,1H3;4H2,1-3H3;2*1H;/q;-1;;;+1. The molecule has 0 heterocycles. The monoisotopic (exact) mass is 362 g/mol. The van der Waals surface area contributed by atoms with Crippen LogP contribution < -0.4 is 3.87 Å². The van der Waals surface area contributed by atoms with Crippen LogP contribution in [0.4, 0.5) is 0 Å². The summed E-state index contributed by atoms with van der Waals surface area (Å²) in [4.78, 5) is 0. The van der Waals surface area contributed by atoms with Gasteiger partial charge < -0.3 is 0 Å². The van der Waals surface area contributed by atoms with Crippen molar-refractivity contribution < 1.29 is 22.9 Å². The van der Waals surface area contributed by atoms with Gasteiger partial charge in [-0.25, -0.2) is 0 Å². The van der Waals surface area contributed by atoms with E-state index < -0.39 is 19.5 Å². The maximum absolute atomic E-state index is 5.99. The van der Waals surface area contributed by atoms with Gasteiger partial charge in [-0.05, 0) is 0 Å². The van der Waals surface area contributed by atoms with Crippen LogP contribution in [0.5, 0.6) is 0 Å². The summed E-state index contributed by atoms with van der Waals surface area (Å²) in [6, 6.07) is 8.71. The fraction of sp³-hybridized carbons (Fsp3) is 0.412. The molecule has 1 aromatic rings. The minimum Gasteiger partial charge on any atom is -0.147 e. The van der Waals surface area contributed by atoms with Gasteiger partial charge in [-0.2, -0.15) is 0 Å². The normalized spacial score (nSPS) is 13.7. The SMILES string of the molecule is CC1=CCC(c2cccc[c]2[Ti][O]CC(C)(C)C)=C1.Cl.Cl. The molecule has 0 amide bonds. The van der Waals surface area contributed by atoms with Crippen molar-refractivity contribution in [1.82, 2.24) is 0 Å². The minimum absolute atomic E-state index is 0. The Labute approximate surface area is 150 Å². The second-order valence-corrected chi connectivity index (χ2v) is 7.93. The number of allylic oxidation sites excluding steroid dienone is 4. The maximum Gasteiger partial charge on any atom is -0.147 e. The Morgan fingerprint density at radius 3 is 2.38 bits per heavy atom. The molecule has 0 spiro atoms. The third kappa shape index (κ3) is 6.71. The van der Waals surface area contributed by atoms with Crippen LogP contribution in [0.2, 0.25) is 0 Å². The van der Waals surface area contributed by atoms with Gasteiger partial charge in [-0.15, -0.1) is 24.8 Å². The molecule has 0 saturated heterocycles. The number of rotatable bonds is 4. The van der Waals surface area contributed by atoms with E-state index in [2.05, 4.69) is 64.1 Å².